The molecule has 3 N–H and O–H groups in total. The highest BCUT2D eigenvalue weighted by Crippen LogP contribution is 2.23. The van der Waals surface area contributed by atoms with Crippen LogP contribution in [0.15, 0.2) is 59.1 Å². The number of amides is 2. The van der Waals surface area contributed by atoms with E-state index in [0.29, 0.717) is 11.7 Å². The van der Waals surface area contributed by atoms with Gasteiger partial charge in [-0.15, -0.1) is 0 Å². The predicted molar refractivity (Wildman–Crippen MR) is 101 cm³/mol. The smallest absolute Gasteiger partial charge is 0.273 e. The van der Waals surface area contributed by atoms with E-state index in [2.05, 4.69) is 15.8 Å². The van der Waals surface area contributed by atoms with Crippen LogP contribution in [0.2, 0.25) is 0 Å². The van der Waals surface area contributed by atoms with Crippen LogP contribution >= 0.6 is 0 Å². The first-order valence-corrected chi connectivity index (χ1v) is 8.53. The largest absolute Gasteiger partial charge is 0.507 e. The van der Waals surface area contributed by atoms with Crippen molar-refractivity contribution in [2.75, 3.05) is 7.11 Å². The van der Waals surface area contributed by atoms with Crippen molar-refractivity contribution in [2.24, 2.45) is 0 Å². The molecule has 0 saturated carbocycles. The molecule has 0 bridgehead atoms. The third-order valence-corrected chi connectivity index (χ3v) is 3.96. The van der Waals surface area contributed by atoms with Crippen LogP contribution in [0.3, 0.4) is 0 Å². The third kappa shape index (κ3) is 4.67. The number of carbonyl (C=O) groups is 2. The van der Waals surface area contributed by atoms with Gasteiger partial charge in [0.05, 0.1) is 18.9 Å². The minimum Gasteiger partial charge on any atom is -0.507 e. The third-order valence-electron chi connectivity index (χ3n) is 3.96. The number of methoxy groups -OCH3 is 1. The summed E-state index contributed by atoms with van der Waals surface area (Å²) in [5.74, 6) is 0.558. The average Bonchev–Trinajstić information content (AvgIpc) is 3.20. The Bertz CT molecular complexity index is 966. The molecule has 0 saturated heterocycles. The van der Waals surface area contributed by atoms with E-state index >= 15 is 0 Å². The summed E-state index contributed by atoms with van der Waals surface area (Å²) in [7, 11) is 1.59. The molecule has 28 heavy (non-hydrogen) atoms. The number of hydrogen-bond acceptors (Lipinski definition) is 6. The van der Waals surface area contributed by atoms with Crippen molar-refractivity contribution in [3.63, 3.8) is 0 Å². The fraction of sp³-hybridized carbons (Fsp3) is 0.150. The first kappa shape index (κ1) is 19.0. The highest BCUT2D eigenvalue weighted by Gasteiger charge is 2.12. The Morgan fingerprint density at radius 3 is 2.57 bits per heavy atom. The lowest BCUT2D eigenvalue weighted by atomic mass is 10.2. The van der Waals surface area contributed by atoms with E-state index < -0.39 is 11.8 Å². The number of hydrazine groups is 1. The molecule has 144 valence electrons. The van der Waals surface area contributed by atoms with Crippen LogP contribution in [0.1, 0.15) is 22.7 Å². The molecule has 0 atom stereocenters. The molecular weight excluding hydrogens is 362 g/mol. The normalized spacial score (nSPS) is 10.3. The summed E-state index contributed by atoms with van der Waals surface area (Å²) in [6.07, 6.45) is 1.94. The van der Waals surface area contributed by atoms with Crippen LogP contribution in [0.4, 0.5) is 0 Å². The van der Waals surface area contributed by atoms with Crippen molar-refractivity contribution >= 4 is 11.8 Å². The summed E-state index contributed by atoms with van der Waals surface area (Å²) in [5, 5.41) is 9.62. The summed E-state index contributed by atoms with van der Waals surface area (Å²) in [5.41, 5.74) is 5.47. The molecular formula is C20H19N3O5. The van der Waals surface area contributed by atoms with Crippen LogP contribution in [0.5, 0.6) is 11.5 Å². The lowest BCUT2D eigenvalue weighted by Crippen LogP contribution is -2.41. The summed E-state index contributed by atoms with van der Waals surface area (Å²) >= 11 is 0. The van der Waals surface area contributed by atoms with Gasteiger partial charge < -0.3 is 14.3 Å². The fourth-order valence-corrected chi connectivity index (χ4v) is 2.46. The zero-order valence-corrected chi connectivity index (χ0v) is 15.1. The number of phenols is 1. The maximum absolute atomic E-state index is 11.9. The highest BCUT2D eigenvalue weighted by molar-refractivity contribution is 5.97. The van der Waals surface area contributed by atoms with Gasteiger partial charge in [-0.05, 0) is 36.4 Å². The van der Waals surface area contributed by atoms with Gasteiger partial charge in [0, 0.05) is 18.4 Å². The zero-order chi connectivity index (χ0) is 19.9. The first-order chi connectivity index (χ1) is 13.6. The van der Waals surface area contributed by atoms with Crippen molar-refractivity contribution in [3.8, 4) is 22.8 Å². The van der Waals surface area contributed by atoms with Crippen molar-refractivity contribution in [1.82, 2.24) is 15.8 Å². The van der Waals surface area contributed by atoms with Gasteiger partial charge in [0.2, 0.25) is 5.91 Å². The minimum atomic E-state index is -0.607. The molecule has 3 rings (SSSR count). The van der Waals surface area contributed by atoms with Crippen LogP contribution in [0, 0.1) is 0 Å². The van der Waals surface area contributed by atoms with Gasteiger partial charge >= 0.3 is 0 Å². The molecule has 3 aromatic rings. The van der Waals surface area contributed by atoms with E-state index in [1.807, 2.05) is 24.3 Å². The van der Waals surface area contributed by atoms with Crippen LogP contribution < -0.4 is 15.6 Å². The van der Waals surface area contributed by atoms with Gasteiger partial charge in [0.1, 0.15) is 11.5 Å². The average molecular weight is 381 g/mol. The van der Waals surface area contributed by atoms with E-state index in [1.165, 1.54) is 12.1 Å². The number of nitrogens with zero attached hydrogens (tertiary/aromatic N) is 1. The number of hydrogen-bond donors (Lipinski definition) is 3. The van der Waals surface area contributed by atoms with Gasteiger partial charge in [-0.2, -0.15) is 0 Å². The number of rotatable bonds is 6. The standard InChI is InChI=1S/C20H19N3O5/c1-27-14-8-6-13(7-9-14)17-12-21-19(28-17)11-10-18(25)22-23-20(26)15-4-2-3-5-16(15)24/h2-9,12,24H,10-11H2,1H3,(H,22,25)(H,23,26). The molecule has 0 spiro atoms. The van der Waals surface area contributed by atoms with Crippen LogP contribution in [-0.4, -0.2) is 29.0 Å². The lowest BCUT2D eigenvalue weighted by Gasteiger charge is -2.07. The fourth-order valence-electron chi connectivity index (χ4n) is 2.46. The molecule has 0 fully saturated rings. The topological polar surface area (TPSA) is 114 Å². The van der Waals surface area contributed by atoms with Gasteiger partial charge in [-0.1, -0.05) is 12.1 Å². The summed E-state index contributed by atoms with van der Waals surface area (Å²) in [6, 6.07) is 13.4. The number of benzene rings is 2. The second-order valence-electron chi connectivity index (χ2n) is 5.87. The summed E-state index contributed by atoms with van der Waals surface area (Å²) < 4.78 is 10.8. The van der Waals surface area contributed by atoms with E-state index in [4.69, 9.17) is 9.15 Å². The molecule has 0 aliphatic rings. The van der Waals surface area contributed by atoms with Gasteiger partial charge in [-0.3, -0.25) is 20.4 Å². The summed E-state index contributed by atoms with van der Waals surface area (Å²) in [4.78, 5) is 28.0. The van der Waals surface area contributed by atoms with E-state index in [0.717, 1.165) is 11.3 Å². The number of phenolic OH excluding ortho intramolecular Hbond substituents is 1. The second kappa shape index (κ2) is 8.72. The number of carbonyl (C=O) groups excluding carboxylic acids is 2. The van der Waals surface area contributed by atoms with E-state index in [9.17, 15) is 14.7 Å². The van der Waals surface area contributed by atoms with Crippen molar-refractivity contribution < 1.29 is 23.8 Å². The molecule has 8 heteroatoms. The molecule has 2 amide bonds. The molecule has 1 aromatic heterocycles. The van der Waals surface area contributed by atoms with Gasteiger partial charge in [-0.25, -0.2) is 4.98 Å². The first-order valence-electron chi connectivity index (χ1n) is 8.53. The molecule has 0 aliphatic carbocycles. The zero-order valence-electron chi connectivity index (χ0n) is 15.1. The monoisotopic (exact) mass is 381 g/mol. The Morgan fingerprint density at radius 1 is 1.11 bits per heavy atom. The van der Waals surface area contributed by atoms with E-state index in [1.54, 1.807) is 25.4 Å². The quantitative estimate of drug-likeness (QED) is 0.565. The number of nitrogens with one attached hydrogen (secondary N) is 2. The number of ether oxygens (including phenoxy) is 1. The Balaban J connectivity index is 1.49. The second-order valence-corrected chi connectivity index (χ2v) is 5.87. The minimum absolute atomic E-state index is 0.0691. The number of para-hydroxylation sites is 1. The maximum Gasteiger partial charge on any atom is 0.273 e. The van der Waals surface area contributed by atoms with Crippen molar-refractivity contribution in [2.45, 2.75) is 12.8 Å². The number of aromatic hydroxyl groups is 1. The van der Waals surface area contributed by atoms with Crippen molar-refractivity contribution in [3.05, 3.63) is 66.2 Å². The van der Waals surface area contributed by atoms with Gasteiger partial charge in [0.25, 0.3) is 5.91 Å². The molecule has 1 heterocycles. The maximum atomic E-state index is 11.9. The van der Waals surface area contributed by atoms with Crippen LogP contribution in [-0.2, 0) is 11.2 Å². The SMILES string of the molecule is COc1ccc(-c2cnc(CCC(=O)NNC(=O)c3ccccc3O)o2)cc1. The Kier molecular flexibility index (Phi) is 5.91. The molecule has 0 radical (unpaired) electrons. The lowest BCUT2D eigenvalue weighted by molar-refractivity contribution is -0.121. The molecule has 8 nitrogen and oxygen atoms in total. The Hall–Kier alpha value is -3.81. The molecule has 0 aliphatic heterocycles. The molecule has 2 aromatic carbocycles. The number of aromatic nitrogens is 1. The van der Waals surface area contributed by atoms with Gasteiger partial charge in [0.15, 0.2) is 11.7 Å². The predicted octanol–water partition coefficient (Wildman–Crippen LogP) is 2.45. The highest BCUT2D eigenvalue weighted by atomic mass is 16.5. The number of oxazole rings is 1. The van der Waals surface area contributed by atoms with Crippen molar-refractivity contribution in [1.29, 1.82) is 0 Å². The number of aryl methyl sites for hydroxylation is 1. The van der Waals surface area contributed by atoms with Crippen LogP contribution in [0.25, 0.3) is 11.3 Å². The van der Waals surface area contributed by atoms with E-state index in [-0.39, 0.29) is 24.2 Å². The molecule has 0 unspecified atom stereocenters. The Labute approximate surface area is 161 Å². The Morgan fingerprint density at radius 2 is 1.86 bits per heavy atom. The summed E-state index contributed by atoms with van der Waals surface area (Å²) in [6.45, 7) is 0.